The molecule has 1 saturated heterocycles. The summed E-state index contributed by atoms with van der Waals surface area (Å²) in [6.07, 6.45) is 1.79. The first kappa shape index (κ1) is 19.7. The maximum absolute atomic E-state index is 12.5. The van der Waals surface area contributed by atoms with E-state index in [4.69, 9.17) is 4.42 Å². The molecule has 0 atom stereocenters. The number of furan rings is 1. The lowest BCUT2D eigenvalue weighted by atomic mass is 10.1. The molecule has 2 aliphatic heterocycles. The third kappa shape index (κ3) is 4.16. The van der Waals surface area contributed by atoms with Crippen LogP contribution in [0.3, 0.4) is 0 Å². The maximum atomic E-state index is 12.5. The summed E-state index contributed by atoms with van der Waals surface area (Å²) in [5.41, 5.74) is 3.59. The molecule has 5 rings (SSSR count). The number of amidine groups is 1. The second kappa shape index (κ2) is 8.47. The minimum atomic E-state index is -0.195. The first-order valence-electron chi connectivity index (χ1n) is 10.4. The summed E-state index contributed by atoms with van der Waals surface area (Å²) in [6.45, 7) is 5.66. The highest BCUT2D eigenvalue weighted by atomic mass is 32.2. The quantitative estimate of drug-likeness (QED) is 0.546. The fraction of sp³-hybridized carbons (Fsp3) is 0.200. The van der Waals surface area contributed by atoms with Gasteiger partial charge in [0.2, 0.25) is 0 Å². The summed E-state index contributed by atoms with van der Waals surface area (Å²) in [7, 11) is 0. The number of aryl methyl sites for hydroxylation is 1. The Bertz CT molecular complexity index is 1160. The number of thioether (sulfide) groups is 1. The lowest BCUT2D eigenvalue weighted by Crippen LogP contribution is -2.48. The molecule has 3 heterocycles. The molecule has 1 fully saturated rings. The normalized spacial score (nSPS) is 18.0. The minimum absolute atomic E-state index is 0.195. The topological polar surface area (TPSA) is 49.0 Å². The van der Waals surface area contributed by atoms with Crippen molar-refractivity contribution in [3.05, 3.63) is 83.0 Å². The molecule has 2 aromatic carbocycles. The van der Waals surface area contributed by atoms with Gasteiger partial charge in [-0.2, -0.15) is 4.99 Å². The molecule has 1 amide bonds. The van der Waals surface area contributed by atoms with E-state index in [2.05, 4.69) is 46.0 Å². The number of benzene rings is 2. The Morgan fingerprint density at radius 3 is 2.39 bits per heavy atom. The SMILES string of the molecule is Cc1ccccc1N1CCN(C2=NC(=O)/C(=C\c3ccc(-c4ccccc4)o3)S2)CC1. The van der Waals surface area contributed by atoms with Crippen LogP contribution in [0.1, 0.15) is 11.3 Å². The van der Waals surface area contributed by atoms with Gasteiger partial charge in [0.05, 0.1) is 4.91 Å². The van der Waals surface area contributed by atoms with Crippen molar-refractivity contribution < 1.29 is 9.21 Å². The fourth-order valence-electron chi connectivity index (χ4n) is 3.91. The van der Waals surface area contributed by atoms with Crippen LogP contribution in [0.15, 0.2) is 81.0 Å². The summed E-state index contributed by atoms with van der Waals surface area (Å²) in [5, 5.41) is 0.788. The Labute approximate surface area is 186 Å². The smallest absolute Gasteiger partial charge is 0.286 e. The largest absolute Gasteiger partial charge is 0.457 e. The first-order chi connectivity index (χ1) is 15.2. The predicted molar refractivity (Wildman–Crippen MR) is 127 cm³/mol. The van der Waals surface area contributed by atoms with Gasteiger partial charge in [0.1, 0.15) is 11.5 Å². The molecule has 156 valence electrons. The molecule has 1 aromatic heterocycles. The zero-order chi connectivity index (χ0) is 21.2. The lowest BCUT2D eigenvalue weighted by Gasteiger charge is -2.37. The molecule has 0 aliphatic carbocycles. The van der Waals surface area contributed by atoms with Crippen LogP contribution >= 0.6 is 11.8 Å². The number of anilines is 1. The molecule has 0 unspecified atom stereocenters. The highest BCUT2D eigenvalue weighted by Gasteiger charge is 2.29. The van der Waals surface area contributed by atoms with Gasteiger partial charge in [-0.25, -0.2) is 0 Å². The van der Waals surface area contributed by atoms with E-state index in [9.17, 15) is 4.79 Å². The van der Waals surface area contributed by atoms with Gasteiger partial charge in [-0.05, 0) is 42.4 Å². The second-order valence-electron chi connectivity index (χ2n) is 7.64. The van der Waals surface area contributed by atoms with Gasteiger partial charge >= 0.3 is 0 Å². The van der Waals surface area contributed by atoms with Crippen molar-refractivity contribution >= 4 is 34.6 Å². The maximum Gasteiger partial charge on any atom is 0.286 e. The van der Waals surface area contributed by atoms with E-state index in [0.29, 0.717) is 10.7 Å². The minimum Gasteiger partial charge on any atom is -0.457 e. The van der Waals surface area contributed by atoms with E-state index >= 15 is 0 Å². The van der Waals surface area contributed by atoms with Crippen molar-refractivity contribution in [1.82, 2.24) is 4.90 Å². The van der Waals surface area contributed by atoms with Crippen LogP contribution in [0.5, 0.6) is 0 Å². The van der Waals surface area contributed by atoms with Crippen LogP contribution in [0.4, 0.5) is 5.69 Å². The zero-order valence-corrected chi connectivity index (χ0v) is 18.1. The van der Waals surface area contributed by atoms with Gasteiger partial charge in [-0.15, -0.1) is 0 Å². The second-order valence-corrected chi connectivity index (χ2v) is 8.65. The van der Waals surface area contributed by atoms with Gasteiger partial charge in [-0.3, -0.25) is 4.79 Å². The van der Waals surface area contributed by atoms with Gasteiger partial charge in [0.15, 0.2) is 5.17 Å². The highest BCUT2D eigenvalue weighted by molar-refractivity contribution is 8.18. The van der Waals surface area contributed by atoms with Crippen molar-refractivity contribution in [3.63, 3.8) is 0 Å². The summed E-state index contributed by atoms with van der Waals surface area (Å²) < 4.78 is 5.92. The van der Waals surface area contributed by atoms with E-state index in [0.717, 1.165) is 42.7 Å². The van der Waals surface area contributed by atoms with Gasteiger partial charge < -0.3 is 14.2 Å². The summed E-state index contributed by atoms with van der Waals surface area (Å²) in [6, 6.07) is 22.2. The van der Waals surface area contributed by atoms with Crippen molar-refractivity contribution in [3.8, 4) is 11.3 Å². The number of nitrogens with zero attached hydrogens (tertiary/aromatic N) is 3. The molecule has 0 spiro atoms. The van der Waals surface area contributed by atoms with Crippen LogP contribution in [0.25, 0.3) is 17.4 Å². The molecule has 2 aliphatic rings. The third-order valence-corrected chi connectivity index (χ3v) is 6.62. The molecule has 0 N–H and O–H groups in total. The lowest BCUT2D eigenvalue weighted by molar-refractivity contribution is -0.113. The zero-order valence-electron chi connectivity index (χ0n) is 17.3. The summed E-state index contributed by atoms with van der Waals surface area (Å²) >= 11 is 1.43. The average molecular weight is 430 g/mol. The number of hydrogen-bond acceptors (Lipinski definition) is 5. The fourth-order valence-corrected chi connectivity index (χ4v) is 4.85. The summed E-state index contributed by atoms with van der Waals surface area (Å²) in [4.78, 5) is 22.0. The van der Waals surface area contributed by atoms with E-state index in [1.165, 1.54) is 23.0 Å². The number of amides is 1. The molecule has 0 radical (unpaired) electrons. The predicted octanol–water partition coefficient (Wildman–Crippen LogP) is 5.05. The standard InChI is InChI=1S/C25H23N3O2S/c1-18-7-5-6-10-21(18)27-13-15-28(16-14-27)25-26-24(29)23(31-25)17-20-11-12-22(30-20)19-8-3-2-4-9-19/h2-12,17H,13-16H2,1H3/b23-17+. The van der Waals surface area contributed by atoms with Gasteiger partial charge in [0.25, 0.3) is 5.91 Å². The molecule has 6 heteroatoms. The Hall–Kier alpha value is -3.25. The third-order valence-electron chi connectivity index (χ3n) is 5.57. The van der Waals surface area contributed by atoms with E-state index in [1.807, 2.05) is 42.5 Å². The van der Waals surface area contributed by atoms with Crippen LogP contribution in [0, 0.1) is 6.92 Å². The van der Waals surface area contributed by atoms with Crippen LogP contribution in [-0.4, -0.2) is 42.2 Å². The number of hydrogen-bond donors (Lipinski definition) is 0. The Kier molecular flexibility index (Phi) is 5.38. The molecular weight excluding hydrogens is 406 g/mol. The van der Waals surface area contributed by atoms with E-state index in [-0.39, 0.29) is 5.91 Å². The van der Waals surface area contributed by atoms with Crippen LogP contribution < -0.4 is 4.90 Å². The molecule has 3 aromatic rings. The molecular formula is C25H23N3O2S. The number of piperazine rings is 1. The Balaban J connectivity index is 1.24. The number of carbonyl (C=O) groups is 1. The number of carbonyl (C=O) groups excluding carboxylic acids is 1. The molecule has 0 bridgehead atoms. The number of aliphatic imine (C=N–C) groups is 1. The Morgan fingerprint density at radius 2 is 1.61 bits per heavy atom. The average Bonchev–Trinajstić information content (AvgIpc) is 3.42. The van der Waals surface area contributed by atoms with Crippen molar-refractivity contribution in [2.45, 2.75) is 6.92 Å². The van der Waals surface area contributed by atoms with Crippen molar-refractivity contribution in [2.75, 3.05) is 31.1 Å². The van der Waals surface area contributed by atoms with Crippen molar-refractivity contribution in [2.24, 2.45) is 4.99 Å². The van der Waals surface area contributed by atoms with Crippen LogP contribution in [-0.2, 0) is 4.79 Å². The molecule has 0 saturated carbocycles. The van der Waals surface area contributed by atoms with Gasteiger partial charge in [0, 0.05) is 43.5 Å². The molecule has 5 nitrogen and oxygen atoms in total. The van der Waals surface area contributed by atoms with Crippen LogP contribution in [0.2, 0.25) is 0 Å². The molecule has 31 heavy (non-hydrogen) atoms. The van der Waals surface area contributed by atoms with Crippen molar-refractivity contribution in [1.29, 1.82) is 0 Å². The highest BCUT2D eigenvalue weighted by Crippen LogP contribution is 2.32. The van der Waals surface area contributed by atoms with Gasteiger partial charge in [-0.1, -0.05) is 48.5 Å². The number of rotatable bonds is 3. The Morgan fingerprint density at radius 1 is 0.903 bits per heavy atom. The summed E-state index contributed by atoms with van der Waals surface area (Å²) in [5.74, 6) is 1.26. The first-order valence-corrected chi connectivity index (χ1v) is 11.2. The van der Waals surface area contributed by atoms with E-state index < -0.39 is 0 Å². The van der Waals surface area contributed by atoms with E-state index in [1.54, 1.807) is 6.08 Å². The monoisotopic (exact) mass is 429 g/mol. The number of para-hydroxylation sites is 1.